The molecule has 0 bridgehead atoms. The molecule has 2 unspecified atom stereocenters. The Hall–Kier alpha value is -1.53. The first-order chi connectivity index (χ1) is 9.13. The van der Waals surface area contributed by atoms with Gasteiger partial charge in [0.15, 0.2) is 5.82 Å². The minimum atomic E-state index is -0.273. The van der Waals surface area contributed by atoms with Crippen molar-refractivity contribution in [1.82, 2.24) is 4.98 Å². The summed E-state index contributed by atoms with van der Waals surface area (Å²) in [4.78, 5) is 8.91. The number of anilines is 3. The molecule has 2 aliphatic rings. The van der Waals surface area contributed by atoms with E-state index in [2.05, 4.69) is 14.8 Å². The molecule has 2 atom stereocenters. The third-order valence-electron chi connectivity index (χ3n) is 3.90. The predicted octanol–water partition coefficient (Wildman–Crippen LogP) is -0.228. The number of aromatic nitrogens is 1. The fraction of sp³-hybridized carbons (Fsp3) is 0.615. The predicted molar refractivity (Wildman–Crippen MR) is 76.3 cm³/mol. The second kappa shape index (κ2) is 4.86. The molecule has 1 aromatic rings. The van der Waals surface area contributed by atoms with Crippen molar-refractivity contribution < 1.29 is 5.11 Å². The zero-order valence-corrected chi connectivity index (χ0v) is 11.0. The molecule has 0 aliphatic carbocycles. The summed E-state index contributed by atoms with van der Waals surface area (Å²) in [5.74, 6) is 1.72. The lowest BCUT2D eigenvalue weighted by atomic mass is 10.3. The molecule has 1 aromatic heterocycles. The van der Waals surface area contributed by atoms with Crippen molar-refractivity contribution in [3.05, 3.63) is 12.1 Å². The Morgan fingerprint density at radius 3 is 2.58 bits per heavy atom. The molecule has 0 amide bonds. The van der Waals surface area contributed by atoms with Gasteiger partial charge in [0.2, 0.25) is 0 Å². The Labute approximate surface area is 113 Å². The van der Waals surface area contributed by atoms with Gasteiger partial charge in [0.1, 0.15) is 5.82 Å². The first kappa shape index (κ1) is 12.5. The summed E-state index contributed by atoms with van der Waals surface area (Å²) in [5, 5.41) is 9.63. The van der Waals surface area contributed by atoms with Crippen LogP contribution in [0.3, 0.4) is 0 Å². The third-order valence-corrected chi connectivity index (χ3v) is 3.90. The number of nitrogens with zero attached hydrogens (tertiary/aromatic N) is 3. The van der Waals surface area contributed by atoms with Gasteiger partial charge in [0, 0.05) is 32.2 Å². The summed E-state index contributed by atoms with van der Waals surface area (Å²) in [6.45, 7) is 3.21. The number of pyridine rings is 1. The second-order valence-electron chi connectivity index (χ2n) is 5.47. The van der Waals surface area contributed by atoms with Gasteiger partial charge >= 0.3 is 0 Å². The lowest BCUT2D eigenvalue weighted by Crippen LogP contribution is -2.28. The summed E-state index contributed by atoms with van der Waals surface area (Å²) < 4.78 is 0. The average molecular weight is 263 g/mol. The molecule has 104 valence electrons. The summed E-state index contributed by atoms with van der Waals surface area (Å²) >= 11 is 0. The highest BCUT2D eigenvalue weighted by Gasteiger charge is 2.25. The molecule has 19 heavy (non-hydrogen) atoms. The maximum absolute atomic E-state index is 9.63. The van der Waals surface area contributed by atoms with E-state index in [0.717, 1.165) is 44.1 Å². The number of aliphatic hydroxyl groups is 1. The first-order valence-electron chi connectivity index (χ1n) is 6.83. The van der Waals surface area contributed by atoms with Gasteiger partial charge in [-0.25, -0.2) is 4.98 Å². The quantitative estimate of drug-likeness (QED) is 0.683. The fourth-order valence-corrected chi connectivity index (χ4v) is 2.81. The molecule has 2 fully saturated rings. The number of nitrogen functional groups attached to an aromatic ring is 1. The van der Waals surface area contributed by atoms with E-state index < -0.39 is 0 Å². The summed E-state index contributed by atoms with van der Waals surface area (Å²) in [6.07, 6.45) is 1.51. The van der Waals surface area contributed by atoms with Crippen molar-refractivity contribution >= 4 is 17.3 Å². The van der Waals surface area contributed by atoms with E-state index in [4.69, 9.17) is 11.5 Å². The maximum Gasteiger partial charge on any atom is 0.154 e. The Kier molecular flexibility index (Phi) is 3.20. The Morgan fingerprint density at radius 2 is 1.95 bits per heavy atom. The third kappa shape index (κ3) is 2.46. The van der Waals surface area contributed by atoms with E-state index in [9.17, 15) is 5.11 Å². The highest BCUT2D eigenvalue weighted by Crippen LogP contribution is 2.28. The van der Waals surface area contributed by atoms with Gasteiger partial charge in [-0.1, -0.05) is 0 Å². The number of nitrogens with two attached hydrogens (primary N) is 2. The van der Waals surface area contributed by atoms with Gasteiger partial charge in [-0.15, -0.1) is 0 Å². The highest BCUT2D eigenvalue weighted by atomic mass is 16.3. The smallest absolute Gasteiger partial charge is 0.154 e. The molecule has 2 saturated heterocycles. The van der Waals surface area contributed by atoms with Crippen LogP contribution in [0, 0.1) is 0 Å². The second-order valence-corrected chi connectivity index (χ2v) is 5.47. The maximum atomic E-state index is 9.63. The number of hydrogen-bond donors (Lipinski definition) is 3. The van der Waals surface area contributed by atoms with Gasteiger partial charge in [-0.3, -0.25) is 0 Å². The topological polar surface area (TPSA) is 91.6 Å². The fourth-order valence-electron chi connectivity index (χ4n) is 2.81. The van der Waals surface area contributed by atoms with E-state index in [1.165, 1.54) is 0 Å². The number of aliphatic hydroxyl groups excluding tert-OH is 1. The minimum absolute atomic E-state index is 0.233. The molecule has 3 rings (SSSR count). The summed E-state index contributed by atoms with van der Waals surface area (Å²) in [7, 11) is 0. The highest BCUT2D eigenvalue weighted by molar-refractivity contribution is 5.66. The van der Waals surface area contributed by atoms with Crippen molar-refractivity contribution in [2.45, 2.75) is 25.0 Å². The van der Waals surface area contributed by atoms with Crippen molar-refractivity contribution in [3.8, 4) is 0 Å². The number of hydrogen-bond acceptors (Lipinski definition) is 6. The van der Waals surface area contributed by atoms with Crippen LogP contribution in [0.2, 0.25) is 0 Å². The van der Waals surface area contributed by atoms with Crippen LogP contribution >= 0.6 is 0 Å². The molecule has 3 heterocycles. The monoisotopic (exact) mass is 263 g/mol. The van der Waals surface area contributed by atoms with Crippen LogP contribution in [0.15, 0.2) is 12.1 Å². The zero-order chi connectivity index (χ0) is 13.4. The molecule has 5 N–H and O–H groups in total. The summed E-state index contributed by atoms with van der Waals surface area (Å²) in [6, 6.07) is 4.08. The molecule has 6 nitrogen and oxygen atoms in total. The van der Waals surface area contributed by atoms with E-state index in [-0.39, 0.29) is 12.1 Å². The van der Waals surface area contributed by atoms with Crippen molar-refractivity contribution in [2.24, 2.45) is 5.73 Å². The molecule has 0 spiro atoms. The van der Waals surface area contributed by atoms with Crippen LogP contribution in [-0.2, 0) is 0 Å². The van der Waals surface area contributed by atoms with Crippen LogP contribution in [0.1, 0.15) is 12.8 Å². The Morgan fingerprint density at radius 1 is 1.16 bits per heavy atom. The van der Waals surface area contributed by atoms with E-state index in [0.29, 0.717) is 12.2 Å². The largest absolute Gasteiger partial charge is 0.396 e. The molecule has 0 aromatic carbocycles. The van der Waals surface area contributed by atoms with Crippen LogP contribution in [0.4, 0.5) is 17.3 Å². The van der Waals surface area contributed by atoms with Gasteiger partial charge in [0.05, 0.1) is 11.8 Å². The lowest BCUT2D eigenvalue weighted by molar-refractivity contribution is 0.198. The molecular formula is C13H21N5O. The lowest BCUT2D eigenvalue weighted by Gasteiger charge is -2.23. The van der Waals surface area contributed by atoms with Crippen molar-refractivity contribution in [3.63, 3.8) is 0 Å². The van der Waals surface area contributed by atoms with Crippen LogP contribution in [-0.4, -0.2) is 48.4 Å². The normalized spacial score (nSPS) is 27.3. The Bertz CT molecular complexity index is 466. The molecule has 0 radical (unpaired) electrons. The molecule has 0 saturated carbocycles. The van der Waals surface area contributed by atoms with E-state index >= 15 is 0 Å². The van der Waals surface area contributed by atoms with Crippen LogP contribution in [0.25, 0.3) is 0 Å². The molecular weight excluding hydrogens is 242 g/mol. The average Bonchev–Trinajstić information content (AvgIpc) is 2.99. The summed E-state index contributed by atoms with van der Waals surface area (Å²) in [5.41, 5.74) is 12.6. The Balaban J connectivity index is 1.84. The standard InChI is InChI=1S/C13H21N5O/c14-9-3-5-17(7-9)12-2-1-11(15)13(16-12)18-6-4-10(19)8-18/h1-2,9-10,19H,3-8,14-15H2. The number of rotatable bonds is 2. The van der Waals surface area contributed by atoms with Crippen LogP contribution < -0.4 is 21.3 Å². The molecule has 6 heteroatoms. The zero-order valence-electron chi connectivity index (χ0n) is 11.0. The van der Waals surface area contributed by atoms with Gasteiger partial charge < -0.3 is 26.4 Å². The SMILES string of the molecule is Nc1ccc(N2CCC(N)C2)nc1N1CCC(O)C1. The van der Waals surface area contributed by atoms with Crippen molar-refractivity contribution in [1.29, 1.82) is 0 Å². The first-order valence-corrected chi connectivity index (χ1v) is 6.83. The van der Waals surface area contributed by atoms with Crippen molar-refractivity contribution in [2.75, 3.05) is 41.7 Å². The van der Waals surface area contributed by atoms with Gasteiger partial charge in [0.25, 0.3) is 0 Å². The van der Waals surface area contributed by atoms with E-state index in [1.807, 2.05) is 12.1 Å². The van der Waals surface area contributed by atoms with Crippen LogP contribution in [0.5, 0.6) is 0 Å². The van der Waals surface area contributed by atoms with Gasteiger partial charge in [-0.05, 0) is 25.0 Å². The molecule has 2 aliphatic heterocycles. The number of β-amino-alcohol motifs (C(OH)–C–C–N with tert-alkyl or cyclic N) is 1. The minimum Gasteiger partial charge on any atom is -0.396 e. The van der Waals surface area contributed by atoms with Gasteiger partial charge in [-0.2, -0.15) is 0 Å². The van der Waals surface area contributed by atoms with E-state index in [1.54, 1.807) is 0 Å².